The highest BCUT2D eigenvalue weighted by Crippen LogP contribution is 2.25. The van der Waals surface area contributed by atoms with Crippen LogP contribution in [-0.2, 0) is 16.4 Å². The molecule has 2 N–H and O–H groups in total. The Bertz CT molecular complexity index is 879. The highest BCUT2D eigenvalue weighted by Gasteiger charge is 2.19. The highest BCUT2D eigenvalue weighted by molar-refractivity contribution is 7.93. The molecule has 0 unspecified atom stereocenters. The normalized spacial score (nSPS) is 11.7. The number of fused-ring (bicyclic) bond motifs is 1. The van der Waals surface area contributed by atoms with Gasteiger partial charge in [0, 0.05) is 10.9 Å². The summed E-state index contributed by atoms with van der Waals surface area (Å²) in [5.41, 5.74) is 0.832. The molecule has 5 nitrogen and oxygen atoms in total. The number of benzene rings is 2. The van der Waals surface area contributed by atoms with Gasteiger partial charge in [0.15, 0.2) is 0 Å². The van der Waals surface area contributed by atoms with Gasteiger partial charge in [-0.05, 0) is 17.9 Å². The summed E-state index contributed by atoms with van der Waals surface area (Å²) < 4.78 is 27.8. The molecule has 0 fully saturated rings. The van der Waals surface area contributed by atoms with Crippen LogP contribution in [0.2, 0.25) is 0 Å². The van der Waals surface area contributed by atoms with E-state index in [9.17, 15) is 8.42 Å². The third kappa shape index (κ3) is 2.50. The summed E-state index contributed by atoms with van der Waals surface area (Å²) in [7, 11) is -3.66. The Morgan fingerprint density at radius 1 is 1.14 bits per heavy atom. The van der Waals surface area contributed by atoms with E-state index in [1.807, 2.05) is 31.2 Å². The molecule has 0 spiro atoms. The van der Waals surface area contributed by atoms with E-state index in [4.69, 9.17) is 0 Å². The summed E-state index contributed by atoms with van der Waals surface area (Å²) in [6.07, 6.45) is 2.32. The fraction of sp³-hybridized carbons (Fsp3) is 0.133. The van der Waals surface area contributed by atoms with Gasteiger partial charge < -0.3 is 0 Å². The van der Waals surface area contributed by atoms with Crippen LogP contribution in [-0.4, -0.2) is 18.6 Å². The van der Waals surface area contributed by atoms with Crippen LogP contribution in [0.4, 0.5) is 5.82 Å². The smallest absolute Gasteiger partial charge is 0.263 e. The first-order valence-corrected chi connectivity index (χ1v) is 8.13. The van der Waals surface area contributed by atoms with Crippen molar-refractivity contribution in [2.75, 3.05) is 4.72 Å². The Morgan fingerprint density at radius 3 is 2.71 bits per heavy atom. The molecule has 0 saturated carbocycles. The topological polar surface area (TPSA) is 74.8 Å². The molecule has 3 aromatic rings. The largest absolute Gasteiger partial charge is 0.263 e. The van der Waals surface area contributed by atoms with Crippen molar-refractivity contribution in [1.29, 1.82) is 0 Å². The lowest BCUT2D eigenvalue weighted by atomic mass is 10.1. The molecular formula is C15H15N3O2S. The maximum Gasteiger partial charge on any atom is 0.263 e. The summed E-state index contributed by atoms with van der Waals surface area (Å²) in [6.45, 7) is 1.95. The second kappa shape index (κ2) is 5.21. The van der Waals surface area contributed by atoms with Gasteiger partial charge in [0.2, 0.25) is 0 Å². The van der Waals surface area contributed by atoms with Gasteiger partial charge in [-0.3, -0.25) is 9.82 Å². The van der Waals surface area contributed by atoms with Crippen LogP contribution in [0, 0.1) is 0 Å². The summed E-state index contributed by atoms with van der Waals surface area (Å²) >= 11 is 0. The van der Waals surface area contributed by atoms with Gasteiger partial charge in [0.05, 0.1) is 11.1 Å². The van der Waals surface area contributed by atoms with Crippen molar-refractivity contribution < 1.29 is 8.42 Å². The molecule has 2 aromatic carbocycles. The van der Waals surface area contributed by atoms with Crippen LogP contribution in [0.25, 0.3) is 10.8 Å². The number of aromatic nitrogens is 2. The average Bonchev–Trinajstić information content (AvgIpc) is 2.93. The molecular weight excluding hydrogens is 286 g/mol. The minimum atomic E-state index is -3.66. The van der Waals surface area contributed by atoms with Gasteiger partial charge in [-0.1, -0.05) is 43.3 Å². The van der Waals surface area contributed by atoms with Gasteiger partial charge in [0.25, 0.3) is 10.0 Å². The Morgan fingerprint density at radius 2 is 1.90 bits per heavy atom. The molecule has 1 heterocycles. The van der Waals surface area contributed by atoms with Crippen LogP contribution in [0.3, 0.4) is 0 Å². The zero-order valence-corrected chi connectivity index (χ0v) is 12.3. The molecule has 1 aromatic heterocycles. The molecule has 0 amide bonds. The number of anilines is 1. The first-order chi connectivity index (χ1) is 10.1. The standard InChI is InChI=1S/C15H15N3O2S/c1-2-11-10-16-17-15(11)18-21(19,20)14-9-5-7-12-6-3-4-8-13(12)14/h3-10H,2H2,1H3,(H2,16,17,18). The van der Waals surface area contributed by atoms with Crippen LogP contribution < -0.4 is 4.72 Å². The molecule has 0 atom stereocenters. The van der Waals surface area contributed by atoms with E-state index in [1.165, 1.54) is 0 Å². The Hall–Kier alpha value is -2.34. The van der Waals surface area contributed by atoms with Crippen molar-refractivity contribution in [2.24, 2.45) is 0 Å². The molecule has 0 aliphatic rings. The Kier molecular flexibility index (Phi) is 3.39. The quantitative estimate of drug-likeness (QED) is 0.778. The third-order valence-corrected chi connectivity index (χ3v) is 4.78. The summed E-state index contributed by atoms with van der Waals surface area (Å²) in [6, 6.07) is 12.6. The fourth-order valence-electron chi connectivity index (χ4n) is 2.29. The molecule has 6 heteroatoms. The van der Waals surface area contributed by atoms with Gasteiger partial charge in [-0.2, -0.15) is 5.10 Å². The number of sulfonamides is 1. The zero-order chi connectivity index (χ0) is 14.9. The first kappa shape index (κ1) is 13.6. The van der Waals surface area contributed by atoms with Gasteiger partial charge in [-0.15, -0.1) is 0 Å². The lowest BCUT2D eigenvalue weighted by Crippen LogP contribution is -2.14. The molecule has 0 saturated heterocycles. The van der Waals surface area contributed by atoms with E-state index in [-0.39, 0.29) is 4.90 Å². The van der Waals surface area contributed by atoms with Crippen LogP contribution >= 0.6 is 0 Å². The number of aryl methyl sites for hydroxylation is 1. The molecule has 0 bridgehead atoms. The number of rotatable bonds is 4. The molecule has 21 heavy (non-hydrogen) atoms. The van der Waals surface area contributed by atoms with E-state index in [1.54, 1.807) is 24.4 Å². The average molecular weight is 301 g/mol. The highest BCUT2D eigenvalue weighted by atomic mass is 32.2. The van der Waals surface area contributed by atoms with E-state index in [2.05, 4.69) is 14.9 Å². The predicted molar refractivity (Wildman–Crippen MR) is 82.7 cm³/mol. The second-order valence-corrected chi connectivity index (χ2v) is 6.36. The van der Waals surface area contributed by atoms with Gasteiger partial charge in [-0.25, -0.2) is 8.42 Å². The molecule has 3 rings (SSSR count). The van der Waals surface area contributed by atoms with Crippen molar-refractivity contribution in [3.8, 4) is 0 Å². The molecule has 108 valence electrons. The zero-order valence-electron chi connectivity index (χ0n) is 11.5. The maximum atomic E-state index is 12.6. The number of hydrogen-bond donors (Lipinski definition) is 2. The third-order valence-electron chi connectivity index (χ3n) is 3.37. The van der Waals surface area contributed by atoms with Crippen LogP contribution in [0.1, 0.15) is 12.5 Å². The van der Waals surface area contributed by atoms with Crippen LogP contribution in [0.5, 0.6) is 0 Å². The monoisotopic (exact) mass is 301 g/mol. The van der Waals surface area contributed by atoms with Gasteiger partial charge in [0.1, 0.15) is 5.82 Å². The van der Waals surface area contributed by atoms with Crippen molar-refractivity contribution >= 4 is 26.6 Å². The minimum absolute atomic E-state index is 0.261. The molecule has 0 aliphatic carbocycles. The fourth-order valence-corrected chi connectivity index (χ4v) is 3.58. The van der Waals surface area contributed by atoms with Crippen molar-refractivity contribution in [2.45, 2.75) is 18.2 Å². The lowest BCUT2D eigenvalue weighted by molar-refractivity contribution is 0.602. The number of H-pyrrole nitrogens is 1. The SMILES string of the molecule is CCc1cn[nH]c1NS(=O)(=O)c1cccc2ccccc12. The summed E-state index contributed by atoms with van der Waals surface area (Å²) in [5, 5.41) is 8.16. The summed E-state index contributed by atoms with van der Waals surface area (Å²) in [4.78, 5) is 0.261. The second-order valence-electron chi connectivity index (χ2n) is 4.71. The van der Waals surface area contributed by atoms with Crippen molar-refractivity contribution in [1.82, 2.24) is 10.2 Å². The first-order valence-electron chi connectivity index (χ1n) is 6.64. The predicted octanol–water partition coefficient (Wildman–Crippen LogP) is 2.93. The van der Waals surface area contributed by atoms with Gasteiger partial charge >= 0.3 is 0 Å². The van der Waals surface area contributed by atoms with E-state index in [0.717, 1.165) is 10.9 Å². The minimum Gasteiger partial charge on any atom is -0.263 e. The van der Waals surface area contributed by atoms with E-state index in [0.29, 0.717) is 17.6 Å². The number of aromatic amines is 1. The number of nitrogens with zero attached hydrogens (tertiary/aromatic N) is 1. The maximum absolute atomic E-state index is 12.6. The molecule has 0 aliphatic heterocycles. The summed E-state index contributed by atoms with van der Waals surface area (Å²) in [5.74, 6) is 0.422. The molecule has 0 radical (unpaired) electrons. The van der Waals surface area contributed by atoms with Crippen LogP contribution in [0.15, 0.2) is 53.6 Å². The lowest BCUT2D eigenvalue weighted by Gasteiger charge is -2.10. The van der Waals surface area contributed by atoms with E-state index >= 15 is 0 Å². The van der Waals surface area contributed by atoms with Crippen molar-refractivity contribution in [3.05, 3.63) is 54.2 Å². The Labute approximate surface area is 123 Å². The number of nitrogens with one attached hydrogen (secondary N) is 2. The van der Waals surface area contributed by atoms with Crippen molar-refractivity contribution in [3.63, 3.8) is 0 Å². The van der Waals surface area contributed by atoms with E-state index < -0.39 is 10.0 Å². The number of hydrogen-bond acceptors (Lipinski definition) is 3. The Balaban J connectivity index is 2.09.